The van der Waals surface area contributed by atoms with Crippen LogP contribution in [0, 0.1) is 0 Å². The number of hydrogen-bond acceptors (Lipinski definition) is 4. The van der Waals surface area contributed by atoms with E-state index in [-0.39, 0.29) is 0 Å². The smallest absolute Gasteiger partial charge is 0.161 e. The Morgan fingerprint density at radius 3 is 2.32 bits per heavy atom. The van der Waals surface area contributed by atoms with Crippen molar-refractivity contribution in [1.82, 2.24) is 14.9 Å². The highest BCUT2D eigenvalue weighted by Crippen LogP contribution is 2.15. The first-order valence-electron chi connectivity index (χ1n) is 7.96. The zero-order valence-corrected chi connectivity index (χ0v) is 14.0. The van der Waals surface area contributed by atoms with Crippen molar-refractivity contribution in [2.75, 3.05) is 18.4 Å². The van der Waals surface area contributed by atoms with E-state index < -0.39 is 0 Å². The van der Waals surface area contributed by atoms with Crippen LogP contribution >= 0.6 is 0 Å². The number of hydrogen-bond donors (Lipinski definition) is 1. The minimum absolute atomic E-state index is 0.548. The molecule has 2 aromatic rings. The maximum absolute atomic E-state index is 4.59. The molecule has 0 fully saturated rings. The van der Waals surface area contributed by atoms with Gasteiger partial charge in [0.05, 0.1) is 0 Å². The van der Waals surface area contributed by atoms with Gasteiger partial charge in [-0.2, -0.15) is 0 Å². The molecular weight excluding hydrogens is 272 g/mol. The van der Waals surface area contributed by atoms with Crippen LogP contribution in [-0.4, -0.2) is 40.0 Å². The largest absolute Gasteiger partial charge is 0.369 e. The van der Waals surface area contributed by atoms with Gasteiger partial charge in [-0.3, -0.25) is 4.90 Å². The van der Waals surface area contributed by atoms with Gasteiger partial charge in [-0.05, 0) is 33.8 Å². The van der Waals surface area contributed by atoms with Gasteiger partial charge in [0.2, 0.25) is 0 Å². The third-order valence-electron chi connectivity index (χ3n) is 3.69. The molecule has 4 nitrogen and oxygen atoms in total. The van der Waals surface area contributed by atoms with Gasteiger partial charge in [-0.25, -0.2) is 9.97 Å². The molecule has 1 heterocycles. The molecular formula is C18H26N4. The summed E-state index contributed by atoms with van der Waals surface area (Å²) in [6.45, 7) is 10.8. The van der Waals surface area contributed by atoms with Gasteiger partial charge >= 0.3 is 0 Å². The predicted molar refractivity (Wildman–Crippen MR) is 92.9 cm³/mol. The molecule has 1 aromatic carbocycles. The summed E-state index contributed by atoms with van der Waals surface area (Å²) in [5, 5.41) is 3.40. The summed E-state index contributed by atoms with van der Waals surface area (Å²) in [6, 6.07) is 13.1. The molecule has 4 heteroatoms. The van der Waals surface area contributed by atoms with Gasteiger partial charge in [0, 0.05) is 36.9 Å². The SMILES string of the molecule is CC(C)N(CCNc1ccnc(-c2ccccc2)n1)C(C)C. The number of anilines is 1. The summed E-state index contributed by atoms with van der Waals surface area (Å²) in [5.41, 5.74) is 1.04. The fourth-order valence-electron chi connectivity index (χ4n) is 2.61. The van der Waals surface area contributed by atoms with Gasteiger partial charge in [0.1, 0.15) is 5.82 Å². The molecule has 0 aliphatic rings. The standard InChI is InChI=1S/C18H26N4/c1-14(2)22(15(3)4)13-12-19-17-10-11-20-18(21-17)16-8-6-5-7-9-16/h5-11,14-15H,12-13H2,1-4H3,(H,19,20,21). The second kappa shape index (κ2) is 7.90. The average Bonchev–Trinajstić information content (AvgIpc) is 2.52. The van der Waals surface area contributed by atoms with E-state index in [2.05, 4.69) is 47.9 Å². The van der Waals surface area contributed by atoms with Crippen LogP contribution in [0.15, 0.2) is 42.6 Å². The Labute approximate surface area is 133 Å². The Balaban J connectivity index is 1.97. The van der Waals surface area contributed by atoms with E-state index in [0.717, 1.165) is 30.3 Å². The minimum atomic E-state index is 0.548. The lowest BCUT2D eigenvalue weighted by atomic mass is 10.2. The molecule has 1 aromatic heterocycles. The van der Waals surface area contributed by atoms with E-state index in [4.69, 9.17) is 0 Å². The van der Waals surface area contributed by atoms with Crippen molar-refractivity contribution in [1.29, 1.82) is 0 Å². The average molecular weight is 298 g/mol. The van der Waals surface area contributed by atoms with Gasteiger partial charge in [-0.15, -0.1) is 0 Å². The number of aromatic nitrogens is 2. The summed E-state index contributed by atoms with van der Waals surface area (Å²) >= 11 is 0. The zero-order valence-electron chi connectivity index (χ0n) is 14.0. The lowest BCUT2D eigenvalue weighted by Gasteiger charge is -2.30. The molecule has 0 aliphatic heterocycles. The van der Waals surface area contributed by atoms with E-state index in [0.29, 0.717) is 12.1 Å². The van der Waals surface area contributed by atoms with Crippen LogP contribution in [-0.2, 0) is 0 Å². The Kier molecular flexibility index (Phi) is 5.90. The second-order valence-corrected chi connectivity index (χ2v) is 5.98. The van der Waals surface area contributed by atoms with Crippen molar-refractivity contribution < 1.29 is 0 Å². The van der Waals surface area contributed by atoms with E-state index in [1.165, 1.54) is 0 Å². The van der Waals surface area contributed by atoms with Crippen molar-refractivity contribution in [3.63, 3.8) is 0 Å². The Hall–Kier alpha value is -1.94. The molecule has 0 radical (unpaired) electrons. The molecule has 0 amide bonds. The van der Waals surface area contributed by atoms with E-state index in [1.54, 1.807) is 6.20 Å². The highest BCUT2D eigenvalue weighted by atomic mass is 15.2. The van der Waals surface area contributed by atoms with Crippen molar-refractivity contribution in [3.8, 4) is 11.4 Å². The number of nitrogens with zero attached hydrogens (tertiary/aromatic N) is 3. The quantitative estimate of drug-likeness (QED) is 0.846. The molecule has 0 saturated carbocycles. The predicted octanol–water partition coefficient (Wildman–Crippen LogP) is 3.67. The lowest BCUT2D eigenvalue weighted by molar-refractivity contribution is 0.182. The van der Waals surface area contributed by atoms with Crippen LogP contribution in [0.1, 0.15) is 27.7 Å². The van der Waals surface area contributed by atoms with Crippen molar-refractivity contribution >= 4 is 5.82 Å². The van der Waals surface area contributed by atoms with E-state index in [1.807, 2.05) is 36.4 Å². The summed E-state index contributed by atoms with van der Waals surface area (Å²) in [6.07, 6.45) is 1.81. The first-order valence-corrected chi connectivity index (χ1v) is 7.96. The summed E-state index contributed by atoms with van der Waals surface area (Å²) in [5.74, 6) is 1.64. The van der Waals surface area contributed by atoms with Gasteiger partial charge in [0.15, 0.2) is 5.82 Å². The topological polar surface area (TPSA) is 41.0 Å². The Morgan fingerprint density at radius 2 is 1.68 bits per heavy atom. The van der Waals surface area contributed by atoms with Crippen LogP contribution in [0.3, 0.4) is 0 Å². The first kappa shape index (κ1) is 16.4. The third kappa shape index (κ3) is 4.53. The molecule has 1 N–H and O–H groups in total. The molecule has 0 atom stereocenters. The van der Waals surface area contributed by atoms with Crippen molar-refractivity contribution in [3.05, 3.63) is 42.6 Å². The summed E-state index contributed by atoms with van der Waals surface area (Å²) < 4.78 is 0. The maximum atomic E-state index is 4.59. The maximum Gasteiger partial charge on any atom is 0.161 e. The van der Waals surface area contributed by atoms with Gasteiger partial charge in [-0.1, -0.05) is 30.3 Å². The van der Waals surface area contributed by atoms with Gasteiger partial charge in [0.25, 0.3) is 0 Å². The van der Waals surface area contributed by atoms with E-state index in [9.17, 15) is 0 Å². The van der Waals surface area contributed by atoms with Crippen LogP contribution in [0.4, 0.5) is 5.82 Å². The van der Waals surface area contributed by atoms with Crippen molar-refractivity contribution in [2.45, 2.75) is 39.8 Å². The van der Waals surface area contributed by atoms with Crippen LogP contribution in [0.5, 0.6) is 0 Å². The Morgan fingerprint density at radius 1 is 1.00 bits per heavy atom. The molecule has 0 bridgehead atoms. The minimum Gasteiger partial charge on any atom is -0.369 e. The molecule has 0 spiro atoms. The highest BCUT2D eigenvalue weighted by molar-refractivity contribution is 5.56. The molecule has 22 heavy (non-hydrogen) atoms. The van der Waals surface area contributed by atoms with Crippen LogP contribution < -0.4 is 5.32 Å². The molecule has 0 unspecified atom stereocenters. The van der Waals surface area contributed by atoms with Gasteiger partial charge < -0.3 is 5.32 Å². The molecule has 0 aliphatic carbocycles. The second-order valence-electron chi connectivity index (χ2n) is 5.98. The monoisotopic (exact) mass is 298 g/mol. The number of nitrogens with one attached hydrogen (secondary N) is 1. The fraction of sp³-hybridized carbons (Fsp3) is 0.444. The lowest BCUT2D eigenvalue weighted by Crippen LogP contribution is -2.40. The van der Waals surface area contributed by atoms with E-state index >= 15 is 0 Å². The number of benzene rings is 1. The molecule has 2 rings (SSSR count). The zero-order chi connectivity index (χ0) is 15.9. The third-order valence-corrected chi connectivity index (χ3v) is 3.69. The van der Waals surface area contributed by atoms with Crippen LogP contribution in [0.2, 0.25) is 0 Å². The number of rotatable bonds is 7. The highest BCUT2D eigenvalue weighted by Gasteiger charge is 2.12. The molecule has 0 saturated heterocycles. The summed E-state index contributed by atoms with van der Waals surface area (Å²) in [7, 11) is 0. The summed E-state index contributed by atoms with van der Waals surface area (Å²) in [4.78, 5) is 11.4. The van der Waals surface area contributed by atoms with Crippen molar-refractivity contribution in [2.24, 2.45) is 0 Å². The fourth-order valence-corrected chi connectivity index (χ4v) is 2.61. The normalized spacial score (nSPS) is 11.4. The van der Waals surface area contributed by atoms with Crippen LogP contribution in [0.25, 0.3) is 11.4 Å². The first-order chi connectivity index (χ1) is 10.6. The Bertz CT molecular complexity index is 558. The molecule has 118 valence electrons.